The minimum atomic E-state index is 0. The van der Waals surface area contributed by atoms with Gasteiger partial charge in [0.1, 0.15) is 0 Å². The van der Waals surface area contributed by atoms with E-state index in [9.17, 15) is 0 Å². The van der Waals surface area contributed by atoms with E-state index in [0.29, 0.717) is 0 Å². The molecular weight excluding hydrogens is 2080 g/mol. The van der Waals surface area contributed by atoms with Crippen molar-refractivity contribution in [3.8, 4) is 0 Å². The van der Waals surface area contributed by atoms with Crippen LogP contribution in [0.2, 0.25) is 0 Å². The number of hydrogen-bond acceptors (Lipinski definition) is 0. The Morgan fingerprint density at radius 2 is 0.0182 bits per heavy atom. The van der Waals surface area contributed by atoms with Crippen molar-refractivity contribution in [3.63, 3.8) is 0 Å². The normalized spacial score (nSPS) is 0. The van der Waals surface area contributed by atoms with Crippen LogP contribution in [0.25, 0.3) is 0 Å². The molecule has 0 aromatic carbocycles. The van der Waals surface area contributed by atoms with Gasteiger partial charge in [0.15, 0.2) is 0 Å². The molecule has 0 bridgehead atoms. The summed E-state index contributed by atoms with van der Waals surface area (Å²) < 4.78 is 0. The van der Waals surface area contributed by atoms with E-state index in [4.69, 9.17) is 0 Å². The molecule has 800 valence electrons. The molecule has 0 aromatic heterocycles. The van der Waals surface area contributed by atoms with Crippen LogP contribution in [0.5, 0.6) is 0 Å². The molecule has 0 fully saturated rings. The molecule has 0 aliphatic rings. The fourth-order valence-corrected chi connectivity index (χ4v) is 0. The summed E-state index contributed by atoms with van der Waals surface area (Å²) in [5.74, 6) is 0. The summed E-state index contributed by atoms with van der Waals surface area (Å²) in [4.78, 5) is 0. The standard InChI is InChI=1S/100O.10Ti/q100*-2;10*+4. The van der Waals surface area contributed by atoms with Gasteiger partial charge >= 0.3 is 217 Å². The van der Waals surface area contributed by atoms with Crippen molar-refractivity contribution in [3.05, 3.63) is 0 Å². The van der Waals surface area contributed by atoms with E-state index in [1.165, 1.54) is 0 Å². The summed E-state index contributed by atoms with van der Waals surface area (Å²) in [6.45, 7) is 0. The maximum atomic E-state index is 0. The first-order valence-electron chi connectivity index (χ1n) is 0. The number of rotatable bonds is 0. The van der Waals surface area contributed by atoms with Crippen LogP contribution in [-0.4, -0.2) is 0 Å². The predicted octanol–water partition coefficient (Wildman–Crippen LogP) is -11.9. The molecule has 0 saturated heterocycles. The second-order valence-electron chi connectivity index (χ2n) is 0. The molecule has 0 radical (unpaired) electrons. The van der Waals surface area contributed by atoms with Crippen molar-refractivity contribution < 1.29 is 765 Å². The largest absolute Gasteiger partial charge is 4.00 e. The Morgan fingerprint density at radius 3 is 0.0182 bits per heavy atom. The zero-order valence-electron chi connectivity index (χ0n) is 45.8. The fraction of sp³-hybridized carbons (Fsp3) is 0. The number of hydrogen-bond donors (Lipinski definition) is 0. The van der Waals surface area contributed by atoms with Gasteiger partial charge in [0.25, 0.3) is 0 Å². The molecule has 0 rings (SSSR count). The van der Waals surface area contributed by atoms with Crippen molar-refractivity contribution in [1.29, 1.82) is 0 Å². The maximum absolute atomic E-state index is 0. The van der Waals surface area contributed by atoms with Crippen LogP contribution in [0, 0.1) is 0 Å². The van der Waals surface area contributed by atoms with E-state index in [1.54, 1.807) is 0 Å². The molecule has 0 heterocycles. The molecule has 110 heteroatoms. The third-order valence-corrected chi connectivity index (χ3v) is 0. The molecule has 0 N–H and O–H groups in total. The molecule has 0 atom stereocenters. The van der Waals surface area contributed by atoms with Gasteiger partial charge in [0, 0.05) is 0 Å². The van der Waals surface area contributed by atoms with E-state index >= 15 is 0 Å². The minimum Gasteiger partial charge on any atom is -2.00 e. The van der Waals surface area contributed by atoms with Gasteiger partial charge in [0.05, 0.1) is 0 Å². The molecule has 0 unspecified atom stereocenters. The van der Waals surface area contributed by atoms with Crippen molar-refractivity contribution in [2.45, 2.75) is 0 Å². The van der Waals surface area contributed by atoms with Crippen molar-refractivity contribution in [1.82, 2.24) is 0 Å². The van der Waals surface area contributed by atoms with Gasteiger partial charge in [-0.1, -0.05) is 0 Å². The molecule has 0 amide bonds. The van der Waals surface area contributed by atoms with Crippen LogP contribution in [0.15, 0.2) is 0 Å². The van der Waals surface area contributed by atoms with E-state index < -0.39 is 0 Å². The van der Waals surface area contributed by atoms with Crippen LogP contribution in [0.4, 0.5) is 0 Å². The average molecular weight is 2080 g/mol. The Kier molecular flexibility index (Phi) is 184000000. The summed E-state index contributed by atoms with van der Waals surface area (Å²) in [5, 5.41) is 0. The summed E-state index contributed by atoms with van der Waals surface area (Å²) in [6, 6.07) is 0. The Morgan fingerprint density at radius 1 is 0.0182 bits per heavy atom. The summed E-state index contributed by atoms with van der Waals surface area (Å²) in [7, 11) is 0. The van der Waals surface area contributed by atoms with E-state index in [1.807, 2.05) is 0 Å². The quantitative estimate of drug-likeness (QED) is 0.204. The van der Waals surface area contributed by atoms with Gasteiger partial charge in [-0.2, -0.15) is 0 Å². The van der Waals surface area contributed by atoms with E-state index in [-0.39, 0.29) is 765 Å². The predicted molar refractivity (Wildman–Crippen MR) is 68.7 cm³/mol. The molecule has 0 aromatic rings. The molecule has 110 heavy (non-hydrogen) atoms. The van der Waals surface area contributed by atoms with Gasteiger partial charge < -0.3 is 548 Å². The first-order valence-corrected chi connectivity index (χ1v) is 0. The van der Waals surface area contributed by atoms with Crippen LogP contribution < -0.4 is 0 Å². The van der Waals surface area contributed by atoms with Crippen molar-refractivity contribution in [2.75, 3.05) is 0 Å². The topological polar surface area (TPSA) is 2850 Å². The van der Waals surface area contributed by atoms with Crippen molar-refractivity contribution in [2.24, 2.45) is 0 Å². The van der Waals surface area contributed by atoms with E-state index in [2.05, 4.69) is 0 Å². The molecule has 0 spiro atoms. The van der Waals surface area contributed by atoms with Crippen LogP contribution >= 0.6 is 0 Å². The molecular formula is O100Ti10-160. The van der Waals surface area contributed by atoms with Crippen molar-refractivity contribution >= 4 is 0 Å². The molecule has 0 aliphatic heterocycles. The fourth-order valence-electron chi connectivity index (χ4n) is 0. The Hall–Kier alpha value is 3.14. The first kappa shape index (κ1) is 144000. The zero-order chi connectivity index (χ0) is 0. The van der Waals surface area contributed by atoms with E-state index in [0.717, 1.165) is 0 Å². The second-order valence-corrected chi connectivity index (χ2v) is 0. The Labute approximate surface area is 760 Å². The van der Waals surface area contributed by atoms with Crippen LogP contribution in [-0.2, 0) is 765 Å². The zero-order valence-corrected chi connectivity index (χ0v) is 61.4. The minimum absolute atomic E-state index is 0. The maximum Gasteiger partial charge on any atom is 4.00 e. The smallest absolute Gasteiger partial charge is 2.00 e. The molecule has 0 aliphatic carbocycles. The third kappa shape index (κ3) is 137000. The van der Waals surface area contributed by atoms with Gasteiger partial charge in [-0.3, -0.25) is 0 Å². The molecule has 100 nitrogen and oxygen atoms in total. The Bertz CT molecular complexity index is 48.3. The summed E-state index contributed by atoms with van der Waals surface area (Å²) in [6.07, 6.45) is 0. The second kappa shape index (κ2) is 140000. The summed E-state index contributed by atoms with van der Waals surface area (Å²) >= 11 is 0. The Balaban J connectivity index is 0. The average Bonchev–Trinajstić information content (AvgIpc) is 0. The first-order chi connectivity index (χ1) is 0. The molecule has 0 saturated carbocycles. The van der Waals surface area contributed by atoms with Crippen LogP contribution in [0.1, 0.15) is 0 Å². The SMILES string of the molecule is [O-2].[O-2].[O-2].[O-2].[O-2].[O-2].[O-2].[O-2].[O-2].[O-2].[O-2].[O-2].[O-2].[O-2].[O-2].[O-2].[O-2].[O-2].[O-2].[O-2].[O-2].[O-2].[O-2].[O-2].[O-2].[O-2].[O-2].[O-2].[O-2].[O-2].[O-2].[O-2].[O-2].[O-2].[O-2].[O-2].[O-2].[O-2].[O-2].[O-2].[O-2].[O-2].[O-2].[O-2].[O-2].[O-2].[O-2].[O-2].[O-2].[O-2].[O-2].[O-2].[O-2].[O-2].[O-2].[O-2].[O-2].[O-2].[O-2].[O-2].[O-2].[O-2].[O-2].[O-2].[O-2].[O-2].[O-2].[O-2].[O-2].[O-2].[O-2].[O-2].[O-2].[O-2].[O-2].[O-2].[O-2].[O-2].[O-2].[O-2].[O-2].[O-2].[O-2].[O-2].[O-2].[O-2].[O-2].[O-2].[O-2].[O-2].[O-2].[O-2].[O-2].[O-2].[O-2].[O-2].[O-2].[O-2].[O-2].[O-2].[Ti+4].[Ti+4].[Ti+4].[Ti+4].[Ti+4].[Ti+4].[Ti+4].[Ti+4].[Ti+4].[Ti+4]. The summed E-state index contributed by atoms with van der Waals surface area (Å²) in [5.41, 5.74) is 0. The van der Waals surface area contributed by atoms with Crippen LogP contribution in [0.3, 0.4) is 0 Å². The monoisotopic (exact) mass is 2080 g/mol. The van der Waals surface area contributed by atoms with Gasteiger partial charge in [-0.25, -0.2) is 0 Å². The van der Waals surface area contributed by atoms with Gasteiger partial charge in [-0.05, 0) is 0 Å². The van der Waals surface area contributed by atoms with Gasteiger partial charge in [0.2, 0.25) is 0 Å². The van der Waals surface area contributed by atoms with Gasteiger partial charge in [-0.15, -0.1) is 0 Å². The third-order valence-electron chi connectivity index (χ3n) is 0.